The highest BCUT2D eigenvalue weighted by molar-refractivity contribution is 5.51. The minimum atomic E-state index is -0.561. The molecule has 0 heterocycles. The first-order valence-corrected chi connectivity index (χ1v) is 6.72. The highest BCUT2D eigenvalue weighted by Crippen LogP contribution is 2.44. The van der Waals surface area contributed by atoms with Crippen molar-refractivity contribution in [1.82, 2.24) is 0 Å². The normalized spacial score (nSPS) is 17.5. The van der Waals surface area contributed by atoms with E-state index < -0.39 is 6.67 Å². The molecule has 1 fully saturated rings. The first-order valence-electron chi connectivity index (χ1n) is 6.72. The van der Waals surface area contributed by atoms with Gasteiger partial charge >= 0.3 is 0 Å². The summed E-state index contributed by atoms with van der Waals surface area (Å²) in [5.74, 6) is 1.08. The maximum atomic E-state index is 13.2. The third-order valence-electron chi connectivity index (χ3n) is 4.26. The van der Waals surface area contributed by atoms with Gasteiger partial charge in [0.1, 0.15) is 6.67 Å². The highest BCUT2D eigenvalue weighted by Gasteiger charge is 2.35. The average molecular weight is 267 g/mol. The van der Waals surface area contributed by atoms with Crippen LogP contribution in [0.2, 0.25) is 0 Å². The maximum Gasteiger partial charge on any atom is 0.166 e. The molecule has 1 aromatic carbocycles. The molecule has 3 nitrogen and oxygen atoms in total. The van der Waals surface area contributed by atoms with Gasteiger partial charge in [0.25, 0.3) is 0 Å². The van der Waals surface area contributed by atoms with Gasteiger partial charge in [-0.25, -0.2) is 4.39 Å². The van der Waals surface area contributed by atoms with Crippen LogP contribution in [0.3, 0.4) is 0 Å². The summed E-state index contributed by atoms with van der Waals surface area (Å²) in [6.45, 7) is 0.0300. The minimum absolute atomic E-state index is 0.0243. The smallest absolute Gasteiger partial charge is 0.166 e. The summed E-state index contributed by atoms with van der Waals surface area (Å²) >= 11 is 0. The van der Waals surface area contributed by atoms with Gasteiger partial charge in [0.2, 0.25) is 0 Å². The van der Waals surface area contributed by atoms with E-state index in [1.807, 2.05) is 12.1 Å². The molecule has 0 bridgehead atoms. The molecule has 0 amide bonds. The predicted molar refractivity (Wildman–Crippen MR) is 73.6 cm³/mol. The summed E-state index contributed by atoms with van der Waals surface area (Å²) in [5.41, 5.74) is 7.58. The summed E-state index contributed by atoms with van der Waals surface area (Å²) in [6.07, 6.45) is 4.47. The molecule has 4 heteroatoms. The Morgan fingerprint density at radius 1 is 1.21 bits per heavy atom. The molecule has 106 valence electrons. The Labute approximate surface area is 113 Å². The van der Waals surface area contributed by atoms with Gasteiger partial charge in [0.15, 0.2) is 11.5 Å². The summed E-state index contributed by atoms with van der Waals surface area (Å²) in [7, 11) is 3.11. The van der Waals surface area contributed by atoms with Gasteiger partial charge in [-0.05, 0) is 30.5 Å². The molecule has 1 aliphatic rings. The molecule has 0 aliphatic heterocycles. The van der Waals surface area contributed by atoms with E-state index in [1.165, 1.54) is 20.0 Å². The second-order valence-corrected chi connectivity index (χ2v) is 5.20. The van der Waals surface area contributed by atoms with E-state index in [9.17, 15) is 4.39 Å². The number of rotatable bonds is 5. The molecule has 1 saturated carbocycles. The molecule has 1 aromatic rings. The van der Waals surface area contributed by atoms with Gasteiger partial charge in [-0.2, -0.15) is 0 Å². The molecule has 1 aliphatic carbocycles. The summed E-state index contributed by atoms with van der Waals surface area (Å²) in [6, 6.07) is 3.84. The Balaban J connectivity index is 2.52. The number of benzene rings is 1. The van der Waals surface area contributed by atoms with Crippen LogP contribution in [0.4, 0.5) is 4.39 Å². The number of nitrogens with two attached hydrogens (primary N) is 1. The zero-order chi connectivity index (χ0) is 13.9. The number of alkyl halides is 1. The van der Waals surface area contributed by atoms with E-state index >= 15 is 0 Å². The Morgan fingerprint density at radius 2 is 1.89 bits per heavy atom. The molecular weight excluding hydrogens is 245 g/mol. The molecule has 19 heavy (non-hydrogen) atoms. The van der Waals surface area contributed by atoms with E-state index in [0.717, 1.165) is 18.4 Å². The number of hydrogen-bond donors (Lipinski definition) is 1. The van der Waals surface area contributed by atoms with Crippen LogP contribution in [0.5, 0.6) is 11.5 Å². The van der Waals surface area contributed by atoms with Crippen molar-refractivity contribution in [2.24, 2.45) is 5.73 Å². The lowest BCUT2D eigenvalue weighted by Gasteiger charge is -2.29. The van der Waals surface area contributed by atoms with Crippen LogP contribution in [0.25, 0.3) is 0 Å². The van der Waals surface area contributed by atoms with Crippen molar-refractivity contribution in [3.8, 4) is 11.5 Å². The van der Waals surface area contributed by atoms with Crippen molar-refractivity contribution in [3.05, 3.63) is 23.3 Å². The lowest BCUT2D eigenvalue weighted by molar-refractivity contribution is 0.342. The van der Waals surface area contributed by atoms with Gasteiger partial charge in [-0.3, -0.25) is 0 Å². The van der Waals surface area contributed by atoms with Crippen molar-refractivity contribution < 1.29 is 13.9 Å². The second-order valence-electron chi connectivity index (χ2n) is 5.20. The molecular formula is C15H22FNO2. The van der Waals surface area contributed by atoms with Crippen molar-refractivity contribution in [1.29, 1.82) is 0 Å². The van der Waals surface area contributed by atoms with Crippen molar-refractivity contribution in [2.45, 2.75) is 37.8 Å². The summed E-state index contributed by atoms with van der Waals surface area (Å²) < 4.78 is 23.8. The number of hydrogen-bond acceptors (Lipinski definition) is 3. The molecule has 0 atom stereocenters. The van der Waals surface area contributed by atoms with Gasteiger partial charge < -0.3 is 15.2 Å². The van der Waals surface area contributed by atoms with Gasteiger partial charge in [-0.1, -0.05) is 12.8 Å². The highest BCUT2D eigenvalue weighted by atomic mass is 19.1. The van der Waals surface area contributed by atoms with Crippen LogP contribution in [-0.4, -0.2) is 20.8 Å². The lowest BCUT2D eigenvalue weighted by Crippen LogP contribution is -2.32. The first kappa shape index (κ1) is 14.1. The quantitative estimate of drug-likeness (QED) is 0.892. The van der Waals surface area contributed by atoms with E-state index in [1.54, 1.807) is 7.11 Å². The number of ether oxygens (including phenoxy) is 2. The van der Waals surface area contributed by atoms with E-state index in [4.69, 9.17) is 15.2 Å². The molecule has 0 spiro atoms. The molecule has 2 N–H and O–H groups in total. The fourth-order valence-electron chi connectivity index (χ4n) is 3.11. The molecule has 0 aromatic heterocycles. The Morgan fingerprint density at radius 3 is 2.37 bits per heavy atom. The monoisotopic (exact) mass is 267 g/mol. The largest absolute Gasteiger partial charge is 0.493 e. The number of halogens is 1. The van der Waals surface area contributed by atoms with Crippen LogP contribution in [0.15, 0.2) is 12.1 Å². The first-order chi connectivity index (χ1) is 9.20. The van der Waals surface area contributed by atoms with E-state index in [-0.39, 0.29) is 5.41 Å². The van der Waals surface area contributed by atoms with E-state index in [2.05, 4.69) is 0 Å². The lowest BCUT2D eigenvalue weighted by atomic mass is 9.78. The Kier molecular flexibility index (Phi) is 4.30. The zero-order valence-corrected chi connectivity index (χ0v) is 11.7. The van der Waals surface area contributed by atoms with Gasteiger partial charge in [0.05, 0.1) is 14.2 Å². The van der Waals surface area contributed by atoms with Crippen LogP contribution in [-0.2, 0) is 12.1 Å². The van der Waals surface area contributed by atoms with Crippen molar-refractivity contribution >= 4 is 0 Å². The summed E-state index contributed by atoms with van der Waals surface area (Å²) in [4.78, 5) is 0. The third-order valence-corrected chi connectivity index (χ3v) is 4.26. The Hall–Kier alpha value is -1.29. The second kappa shape index (κ2) is 5.78. The maximum absolute atomic E-state index is 13.2. The zero-order valence-electron chi connectivity index (χ0n) is 11.7. The standard InChI is InChI=1S/C15H22FNO2/c1-18-13-8-12(7-11(9-16)14(13)19-2)15(10-17)5-3-4-6-15/h7-8H,3-6,9-10,17H2,1-2H3. The van der Waals surface area contributed by atoms with Crippen LogP contribution in [0.1, 0.15) is 36.8 Å². The predicted octanol–water partition coefficient (Wildman–Crippen LogP) is 2.94. The molecule has 0 radical (unpaired) electrons. The average Bonchev–Trinajstić information content (AvgIpc) is 2.95. The van der Waals surface area contributed by atoms with Crippen LogP contribution >= 0.6 is 0 Å². The number of methoxy groups -OCH3 is 2. The Bertz CT molecular complexity index is 417. The fraction of sp³-hybridized carbons (Fsp3) is 0.600. The SMILES string of the molecule is COc1cc(C2(CN)CCCC2)cc(CF)c1OC. The molecule has 0 saturated heterocycles. The van der Waals surface area contributed by atoms with Crippen LogP contribution < -0.4 is 15.2 Å². The molecule has 0 unspecified atom stereocenters. The summed E-state index contributed by atoms with van der Waals surface area (Å²) in [5, 5.41) is 0. The van der Waals surface area contributed by atoms with Gasteiger partial charge in [-0.15, -0.1) is 0 Å². The van der Waals surface area contributed by atoms with Crippen LogP contribution in [0, 0.1) is 0 Å². The van der Waals surface area contributed by atoms with Gasteiger partial charge in [0, 0.05) is 17.5 Å². The van der Waals surface area contributed by atoms with E-state index in [0.29, 0.717) is 23.6 Å². The minimum Gasteiger partial charge on any atom is -0.493 e. The molecule has 2 rings (SSSR count). The topological polar surface area (TPSA) is 44.5 Å². The third kappa shape index (κ3) is 2.41. The fourth-order valence-corrected chi connectivity index (χ4v) is 3.11. The van der Waals surface area contributed by atoms with Crippen molar-refractivity contribution in [3.63, 3.8) is 0 Å². The van der Waals surface area contributed by atoms with Crippen molar-refractivity contribution in [2.75, 3.05) is 20.8 Å².